The summed E-state index contributed by atoms with van der Waals surface area (Å²) in [4.78, 5) is 0. The standard InChI is InChI=1S/C10H12OS/c1-2-5-10(6-3-1)9-12-8-4-7-11-12/h1-3,5-6,9H,4,7-8H2. The van der Waals surface area contributed by atoms with E-state index in [4.69, 9.17) is 4.18 Å². The van der Waals surface area contributed by atoms with Crippen LogP contribution in [0.15, 0.2) is 30.3 Å². The Labute approximate surface area is 75.5 Å². The molecule has 1 fully saturated rings. The first kappa shape index (κ1) is 8.02. The summed E-state index contributed by atoms with van der Waals surface area (Å²) >= 11 is 0. The summed E-state index contributed by atoms with van der Waals surface area (Å²) in [6, 6.07) is 10.4. The molecule has 1 aliphatic heterocycles. The molecule has 0 spiro atoms. The molecule has 1 saturated heterocycles. The van der Waals surface area contributed by atoms with Gasteiger partial charge in [0.25, 0.3) is 0 Å². The van der Waals surface area contributed by atoms with Gasteiger partial charge in [-0.25, -0.2) is 0 Å². The quantitative estimate of drug-likeness (QED) is 0.603. The zero-order valence-corrected chi connectivity index (χ0v) is 7.72. The van der Waals surface area contributed by atoms with Gasteiger partial charge in [-0.2, -0.15) is 0 Å². The third kappa shape index (κ3) is 1.96. The summed E-state index contributed by atoms with van der Waals surface area (Å²) in [6.07, 6.45) is 1.21. The molecule has 2 heteroatoms. The number of rotatable bonds is 1. The van der Waals surface area contributed by atoms with E-state index in [1.54, 1.807) is 0 Å². The van der Waals surface area contributed by atoms with Gasteiger partial charge in [-0.05, 0) is 17.4 Å². The molecule has 0 radical (unpaired) electrons. The van der Waals surface area contributed by atoms with E-state index >= 15 is 0 Å². The van der Waals surface area contributed by atoms with Gasteiger partial charge in [-0.15, -0.1) is 0 Å². The van der Waals surface area contributed by atoms with Gasteiger partial charge < -0.3 is 4.18 Å². The van der Waals surface area contributed by atoms with Crippen LogP contribution in [0.5, 0.6) is 0 Å². The van der Waals surface area contributed by atoms with Crippen LogP contribution in [0.3, 0.4) is 0 Å². The Bertz CT molecular complexity index is 271. The Balaban J connectivity index is 2.16. The predicted molar refractivity (Wildman–Crippen MR) is 54.6 cm³/mol. The normalized spacial score (nSPS) is 23.2. The summed E-state index contributed by atoms with van der Waals surface area (Å²) in [7, 11) is 0.0967. The SMILES string of the molecule is C(c1ccccc1)=S1CCCO1. The molecule has 1 aliphatic rings. The van der Waals surface area contributed by atoms with Crippen molar-refractivity contribution in [3.05, 3.63) is 35.9 Å². The summed E-state index contributed by atoms with van der Waals surface area (Å²) in [6.45, 7) is 0.937. The fourth-order valence-electron chi connectivity index (χ4n) is 1.20. The lowest BCUT2D eigenvalue weighted by Crippen LogP contribution is -1.80. The molecule has 1 aromatic carbocycles. The molecule has 1 nitrogen and oxygen atoms in total. The van der Waals surface area contributed by atoms with Gasteiger partial charge >= 0.3 is 0 Å². The largest absolute Gasteiger partial charge is 0.323 e. The van der Waals surface area contributed by atoms with Gasteiger partial charge in [0.1, 0.15) is 0 Å². The molecule has 0 N–H and O–H groups in total. The first-order valence-electron chi connectivity index (χ1n) is 4.18. The molecular formula is C10H12OS. The third-order valence-electron chi connectivity index (χ3n) is 1.79. The molecule has 0 aromatic heterocycles. The van der Waals surface area contributed by atoms with Crippen LogP contribution in [0.1, 0.15) is 12.0 Å². The average Bonchev–Trinajstić information content (AvgIpc) is 2.59. The minimum absolute atomic E-state index is 0.0967. The monoisotopic (exact) mass is 180 g/mol. The fraction of sp³-hybridized carbons (Fsp3) is 0.300. The lowest BCUT2D eigenvalue weighted by molar-refractivity contribution is 0.403. The average molecular weight is 180 g/mol. The minimum Gasteiger partial charge on any atom is -0.323 e. The smallest absolute Gasteiger partial charge is 0.0615 e. The molecule has 2 rings (SSSR count). The Kier molecular flexibility index (Phi) is 2.59. The van der Waals surface area contributed by atoms with Crippen molar-refractivity contribution in [3.63, 3.8) is 0 Å². The van der Waals surface area contributed by atoms with Crippen LogP contribution in [0.25, 0.3) is 0 Å². The van der Waals surface area contributed by atoms with Crippen LogP contribution in [-0.2, 0) is 4.18 Å². The van der Waals surface area contributed by atoms with E-state index in [2.05, 4.69) is 29.6 Å². The summed E-state index contributed by atoms with van der Waals surface area (Å²) < 4.78 is 5.53. The maximum absolute atomic E-state index is 5.53. The molecular weight excluding hydrogens is 168 g/mol. The van der Waals surface area contributed by atoms with Gasteiger partial charge in [0.05, 0.1) is 6.61 Å². The van der Waals surface area contributed by atoms with Crippen molar-refractivity contribution in [2.45, 2.75) is 6.42 Å². The molecule has 1 unspecified atom stereocenters. The van der Waals surface area contributed by atoms with Crippen molar-refractivity contribution in [2.24, 2.45) is 0 Å². The zero-order valence-electron chi connectivity index (χ0n) is 6.90. The second-order valence-corrected chi connectivity index (χ2v) is 4.43. The molecule has 0 bridgehead atoms. The second kappa shape index (κ2) is 3.87. The van der Waals surface area contributed by atoms with Crippen molar-refractivity contribution in [1.29, 1.82) is 0 Å². The molecule has 0 aliphatic carbocycles. The highest BCUT2D eigenvalue weighted by molar-refractivity contribution is 8.11. The van der Waals surface area contributed by atoms with Crippen molar-refractivity contribution in [3.8, 4) is 0 Å². The van der Waals surface area contributed by atoms with Crippen LogP contribution in [0, 0.1) is 0 Å². The summed E-state index contributed by atoms with van der Waals surface area (Å²) in [5, 5.41) is 2.23. The minimum atomic E-state index is 0.0967. The van der Waals surface area contributed by atoms with Crippen LogP contribution in [0.2, 0.25) is 0 Å². The molecule has 12 heavy (non-hydrogen) atoms. The third-order valence-corrected chi connectivity index (χ3v) is 3.49. The topological polar surface area (TPSA) is 9.23 Å². The van der Waals surface area contributed by atoms with E-state index in [0.717, 1.165) is 6.61 Å². The molecule has 1 heterocycles. The van der Waals surface area contributed by atoms with Crippen molar-refractivity contribution < 1.29 is 4.18 Å². The van der Waals surface area contributed by atoms with E-state index < -0.39 is 0 Å². The molecule has 0 saturated carbocycles. The molecule has 1 aromatic rings. The summed E-state index contributed by atoms with van der Waals surface area (Å²) in [5.41, 5.74) is 1.28. The van der Waals surface area contributed by atoms with Crippen LogP contribution < -0.4 is 0 Å². The van der Waals surface area contributed by atoms with Crippen LogP contribution in [-0.4, -0.2) is 17.7 Å². The van der Waals surface area contributed by atoms with Gasteiger partial charge in [0.15, 0.2) is 0 Å². The zero-order chi connectivity index (χ0) is 8.23. The van der Waals surface area contributed by atoms with E-state index in [9.17, 15) is 0 Å². The molecule has 0 amide bonds. The number of hydrogen-bond acceptors (Lipinski definition) is 1. The van der Waals surface area contributed by atoms with Crippen molar-refractivity contribution >= 4 is 16.1 Å². The van der Waals surface area contributed by atoms with Crippen LogP contribution >= 0.6 is 10.8 Å². The van der Waals surface area contributed by atoms with E-state index in [-0.39, 0.29) is 10.8 Å². The van der Waals surface area contributed by atoms with Gasteiger partial charge in [0, 0.05) is 5.75 Å². The number of hydrogen-bond donors (Lipinski definition) is 0. The maximum atomic E-state index is 5.53. The van der Waals surface area contributed by atoms with Gasteiger partial charge in [-0.1, -0.05) is 41.1 Å². The Morgan fingerprint density at radius 2 is 2.08 bits per heavy atom. The van der Waals surface area contributed by atoms with E-state index in [0.29, 0.717) is 0 Å². The number of benzene rings is 1. The van der Waals surface area contributed by atoms with Gasteiger partial charge in [0.2, 0.25) is 0 Å². The molecule has 64 valence electrons. The van der Waals surface area contributed by atoms with Crippen LogP contribution in [0.4, 0.5) is 0 Å². The molecule has 1 atom stereocenters. The lowest BCUT2D eigenvalue weighted by atomic mass is 10.2. The van der Waals surface area contributed by atoms with E-state index in [1.807, 2.05) is 6.07 Å². The predicted octanol–water partition coefficient (Wildman–Crippen LogP) is 2.44. The second-order valence-electron chi connectivity index (χ2n) is 2.79. The first-order chi connectivity index (χ1) is 5.95. The Morgan fingerprint density at radius 1 is 1.25 bits per heavy atom. The summed E-state index contributed by atoms with van der Waals surface area (Å²) in [5.74, 6) is 1.20. The Morgan fingerprint density at radius 3 is 2.75 bits per heavy atom. The highest BCUT2D eigenvalue weighted by Crippen LogP contribution is 2.23. The van der Waals surface area contributed by atoms with Crippen molar-refractivity contribution in [1.82, 2.24) is 0 Å². The first-order valence-corrected chi connectivity index (χ1v) is 5.56. The van der Waals surface area contributed by atoms with Crippen molar-refractivity contribution in [2.75, 3.05) is 12.4 Å². The van der Waals surface area contributed by atoms with Gasteiger partial charge in [-0.3, -0.25) is 0 Å². The fourth-order valence-corrected chi connectivity index (χ4v) is 2.70. The highest BCUT2D eigenvalue weighted by Gasteiger charge is 2.04. The van der Waals surface area contributed by atoms with E-state index in [1.165, 1.54) is 17.7 Å². The maximum Gasteiger partial charge on any atom is 0.0615 e. The lowest BCUT2D eigenvalue weighted by Gasteiger charge is -1.97. The highest BCUT2D eigenvalue weighted by atomic mass is 32.2. The Hall–Kier alpha value is -0.600.